The van der Waals surface area contributed by atoms with E-state index in [9.17, 15) is 8.42 Å². The largest absolute Gasteiger partial charge is 0.356 e. The summed E-state index contributed by atoms with van der Waals surface area (Å²) in [5, 5.41) is 11.6. The summed E-state index contributed by atoms with van der Waals surface area (Å²) in [6.45, 7) is 5.45. The van der Waals surface area contributed by atoms with E-state index in [0.717, 1.165) is 29.2 Å². The number of thiophene rings is 1. The Balaban J connectivity index is 1.83. The number of sulfonamides is 1. The first-order valence-corrected chi connectivity index (χ1v) is 10.3. The Bertz CT molecular complexity index is 837. The highest BCUT2D eigenvalue weighted by Crippen LogP contribution is 2.19. The first kappa shape index (κ1) is 19.4. The highest BCUT2D eigenvalue weighted by Gasteiger charge is 2.11. The number of benzene rings is 1. The zero-order valence-corrected chi connectivity index (χ0v) is 16.3. The van der Waals surface area contributed by atoms with E-state index in [0.29, 0.717) is 12.5 Å². The number of guanidine groups is 1. The van der Waals surface area contributed by atoms with Crippen LogP contribution in [0.4, 0.5) is 0 Å². The minimum absolute atomic E-state index is 0.169. The number of nitrogens with zero attached hydrogens (tertiary/aromatic N) is 1. The number of hydrogen-bond donors (Lipinski definition) is 3. The van der Waals surface area contributed by atoms with Crippen LogP contribution in [0.15, 0.2) is 39.5 Å². The molecular weight excluding hydrogens is 356 g/mol. The van der Waals surface area contributed by atoms with E-state index < -0.39 is 10.0 Å². The molecule has 6 nitrogen and oxygen atoms in total. The third-order valence-electron chi connectivity index (χ3n) is 3.56. The minimum Gasteiger partial charge on any atom is -0.356 e. The van der Waals surface area contributed by atoms with E-state index >= 15 is 0 Å². The number of primary sulfonamides is 1. The lowest BCUT2D eigenvalue weighted by atomic mass is 10.1. The molecule has 0 aliphatic rings. The van der Waals surface area contributed by atoms with Gasteiger partial charge in [-0.1, -0.05) is 29.3 Å². The SMILES string of the molecule is CN=C(NCCc1cc(C)cc(C)c1)NCc1ccc(S(N)(=O)=O)s1. The predicted octanol–water partition coefficient (Wildman–Crippen LogP) is 1.92. The molecule has 0 aliphatic heterocycles. The van der Waals surface area contributed by atoms with Crippen molar-refractivity contribution in [3.63, 3.8) is 0 Å². The van der Waals surface area contributed by atoms with Crippen LogP contribution in [0.5, 0.6) is 0 Å². The summed E-state index contributed by atoms with van der Waals surface area (Å²) in [6.07, 6.45) is 0.901. The van der Waals surface area contributed by atoms with Gasteiger partial charge in [0.15, 0.2) is 5.96 Å². The van der Waals surface area contributed by atoms with Gasteiger partial charge in [0.2, 0.25) is 10.0 Å². The zero-order valence-electron chi connectivity index (χ0n) is 14.7. The van der Waals surface area contributed by atoms with E-state index in [-0.39, 0.29) is 4.21 Å². The van der Waals surface area contributed by atoms with Crippen molar-refractivity contribution in [3.05, 3.63) is 51.9 Å². The monoisotopic (exact) mass is 380 g/mol. The number of nitrogens with one attached hydrogen (secondary N) is 2. The zero-order chi connectivity index (χ0) is 18.4. The summed E-state index contributed by atoms with van der Waals surface area (Å²) in [4.78, 5) is 5.06. The van der Waals surface area contributed by atoms with E-state index in [4.69, 9.17) is 5.14 Å². The highest BCUT2D eigenvalue weighted by atomic mass is 32.2. The number of hydrogen-bond acceptors (Lipinski definition) is 4. The van der Waals surface area contributed by atoms with Gasteiger partial charge >= 0.3 is 0 Å². The molecule has 0 unspecified atom stereocenters. The van der Waals surface area contributed by atoms with Gasteiger partial charge in [0, 0.05) is 18.5 Å². The molecule has 1 heterocycles. The maximum absolute atomic E-state index is 11.3. The molecule has 4 N–H and O–H groups in total. The first-order valence-electron chi connectivity index (χ1n) is 7.91. The molecule has 1 aromatic carbocycles. The molecule has 0 saturated carbocycles. The van der Waals surface area contributed by atoms with Crippen molar-refractivity contribution in [2.24, 2.45) is 10.1 Å². The summed E-state index contributed by atoms with van der Waals surface area (Å²) < 4.78 is 22.8. The first-order chi connectivity index (χ1) is 11.8. The van der Waals surface area contributed by atoms with Gasteiger partial charge in [0.05, 0.1) is 6.54 Å². The van der Waals surface area contributed by atoms with Crippen LogP contribution in [-0.2, 0) is 23.0 Å². The number of aliphatic imine (C=N–C) groups is 1. The van der Waals surface area contributed by atoms with Crippen LogP contribution >= 0.6 is 11.3 Å². The van der Waals surface area contributed by atoms with Gasteiger partial charge in [-0.2, -0.15) is 0 Å². The summed E-state index contributed by atoms with van der Waals surface area (Å²) in [6, 6.07) is 9.80. The van der Waals surface area contributed by atoms with Crippen molar-refractivity contribution in [3.8, 4) is 0 Å². The van der Waals surface area contributed by atoms with Crippen LogP contribution in [0.3, 0.4) is 0 Å². The maximum atomic E-state index is 11.3. The van der Waals surface area contributed by atoms with E-state index in [1.165, 1.54) is 22.8 Å². The maximum Gasteiger partial charge on any atom is 0.247 e. The fraction of sp³-hybridized carbons (Fsp3) is 0.353. The molecule has 8 heteroatoms. The average molecular weight is 381 g/mol. The van der Waals surface area contributed by atoms with Crippen LogP contribution in [0, 0.1) is 13.8 Å². The molecule has 0 amide bonds. The molecule has 0 atom stereocenters. The quantitative estimate of drug-likeness (QED) is 0.527. The minimum atomic E-state index is -3.63. The van der Waals surface area contributed by atoms with Crippen LogP contribution in [0.25, 0.3) is 0 Å². The Kier molecular flexibility index (Phi) is 6.57. The molecule has 0 aliphatic carbocycles. The predicted molar refractivity (Wildman–Crippen MR) is 104 cm³/mol. The Morgan fingerprint density at radius 1 is 1.16 bits per heavy atom. The van der Waals surface area contributed by atoms with Crippen molar-refractivity contribution in [1.29, 1.82) is 0 Å². The van der Waals surface area contributed by atoms with Crippen LogP contribution in [-0.4, -0.2) is 28.0 Å². The van der Waals surface area contributed by atoms with Gasteiger partial charge in [-0.05, 0) is 38.0 Å². The van der Waals surface area contributed by atoms with Crippen LogP contribution < -0.4 is 15.8 Å². The fourth-order valence-electron chi connectivity index (χ4n) is 2.54. The molecule has 0 fully saturated rings. The Hall–Kier alpha value is -1.90. The molecule has 2 rings (SSSR count). The second kappa shape index (κ2) is 8.46. The molecule has 1 aromatic heterocycles. The molecule has 25 heavy (non-hydrogen) atoms. The van der Waals surface area contributed by atoms with Gasteiger partial charge in [0.25, 0.3) is 0 Å². The number of nitrogens with two attached hydrogens (primary N) is 1. The molecule has 0 radical (unpaired) electrons. The smallest absolute Gasteiger partial charge is 0.247 e. The molecule has 0 saturated heterocycles. The second-order valence-corrected chi connectivity index (χ2v) is 8.82. The molecular formula is C17H24N4O2S2. The lowest BCUT2D eigenvalue weighted by Gasteiger charge is -2.11. The lowest BCUT2D eigenvalue weighted by Crippen LogP contribution is -2.37. The molecule has 2 aromatic rings. The Morgan fingerprint density at radius 2 is 1.84 bits per heavy atom. The Morgan fingerprint density at radius 3 is 2.40 bits per heavy atom. The molecule has 136 valence electrons. The van der Waals surface area contributed by atoms with E-state index in [1.807, 2.05) is 0 Å². The molecule has 0 bridgehead atoms. The van der Waals surface area contributed by atoms with Crippen molar-refractivity contribution >= 4 is 27.3 Å². The third-order valence-corrected chi connectivity index (χ3v) is 6.08. The van der Waals surface area contributed by atoms with E-state index in [1.54, 1.807) is 13.1 Å². The standard InChI is InChI=1S/C17H24N4O2S2/c1-12-8-13(2)10-14(9-12)6-7-20-17(19-3)21-11-15-4-5-16(24-15)25(18,22)23/h4-5,8-10H,6-7,11H2,1-3H3,(H2,18,22,23)(H2,19,20,21). The van der Waals surface area contributed by atoms with Crippen molar-refractivity contribution < 1.29 is 8.42 Å². The third kappa shape index (κ3) is 6.15. The summed E-state index contributed by atoms with van der Waals surface area (Å²) in [5.41, 5.74) is 3.82. The van der Waals surface area contributed by atoms with Crippen LogP contribution in [0.1, 0.15) is 21.6 Å². The van der Waals surface area contributed by atoms with E-state index in [2.05, 4.69) is 47.7 Å². The second-order valence-electron chi connectivity index (χ2n) is 5.86. The van der Waals surface area contributed by atoms with Crippen molar-refractivity contribution in [1.82, 2.24) is 10.6 Å². The fourth-order valence-corrected chi connectivity index (χ4v) is 4.25. The van der Waals surface area contributed by atoms with Crippen molar-refractivity contribution in [2.75, 3.05) is 13.6 Å². The van der Waals surface area contributed by atoms with Crippen molar-refractivity contribution in [2.45, 2.75) is 31.0 Å². The highest BCUT2D eigenvalue weighted by molar-refractivity contribution is 7.91. The van der Waals surface area contributed by atoms with Gasteiger partial charge in [-0.25, -0.2) is 13.6 Å². The average Bonchev–Trinajstić information content (AvgIpc) is 2.99. The van der Waals surface area contributed by atoms with Crippen LogP contribution in [0.2, 0.25) is 0 Å². The van der Waals surface area contributed by atoms with Gasteiger partial charge in [0.1, 0.15) is 4.21 Å². The molecule has 0 spiro atoms. The summed E-state index contributed by atoms with van der Waals surface area (Å²) in [7, 11) is -1.93. The van der Waals surface area contributed by atoms with Gasteiger partial charge in [-0.3, -0.25) is 4.99 Å². The summed E-state index contributed by atoms with van der Waals surface area (Å²) >= 11 is 1.16. The topological polar surface area (TPSA) is 96.6 Å². The normalized spacial score (nSPS) is 12.2. The number of aryl methyl sites for hydroxylation is 2. The number of rotatable bonds is 6. The Labute approximate surface area is 153 Å². The van der Waals surface area contributed by atoms with Gasteiger partial charge in [-0.15, -0.1) is 11.3 Å². The van der Waals surface area contributed by atoms with Gasteiger partial charge < -0.3 is 10.6 Å². The lowest BCUT2D eigenvalue weighted by molar-refractivity contribution is 0.600. The summed E-state index contributed by atoms with van der Waals surface area (Å²) in [5.74, 6) is 0.676.